The predicted molar refractivity (Wildman–Crippen MR) is 136 cm³/mol. The number of aryl methyl sites for hydroxylation is 1. The quantitative estimate of drug-likeness (QED) is 0.613. The maximum Gasteiger partial charge on any atom is 0.149 e. The zero-order valence-electron chi connectivity index (χ0n) is 19.9. The molecule has 5 rings (SSSR count). The fourth-order valence-electron chi connectivity index (χ4n) is 4.80. The smallest absolute Gasteiger partial charge is 0.149 e. The summed E-state index contributed by atoms with van der Waals surface area (Å²) in [6, 6.07) is 13.6. The molecule has 0 saturated carbocycles. The van der Waals surface area contributed by atoms with Gasteiger partial charge < -0.3 is 4.90 Å². The number of fused-ring (bicyclic) bond motifs is 1. The molecule has 0 radical (unpaired) electrons. The lowest BCUT2D eigenvalue weighted by molar-refractivity contribution is 0.258. The minimum atomic E-state index is -0.311. The zero-order chi connectivity index (χ0) is 23.7. The van der Waals surface area contributed by atoms with Gasteiger partial charge in [0.1, 0.15) is 22.6 Å². The van der Waals surface area contributed by atoms with Crippen LogP contribution in [0.1, 0.15) is 25.8 Å². The van der Waals surface area contributed by atoms with Crippen molar-refractivity contribution in [2.75, 3.05) is 42.6 Å². The van der Waals surface area contributed by atoms with E-state index in [-0.39, 0.29) is 5.82 Å². The van der Waals surface area contributed by atoms with Crippen LogP contribution in [0.2, 0.25) is 0 Å². The number of allylic oxidation sites excluding steroid dienone is 1. The van der Waals surface area contributed by atoms with Crippen LogP contribution in [0.25, 0.3) is 17.3 Å². The molecule has 0 atom stereocenters. The molecule has 34 heavy (non-hydrogen) atoms. The van der Waals surface area contributed by atoms with Crippen molar-refractivity contribution in [2.45, 2.75) is 26.7 Å². The molecule has 0 bridgehead atoms. The molecule has 3 heterocycles. The van der Waals surface area contributed by atoms with E-state index in [4.69, 9.17) is 5.10 Å². The first kappa shape index (κ1) is 22.3. The third-order valence-electron chi connectivity index (χ3n) is 6.63. The molecule has 0 amide bonds. The molecule has 2 aliphatic rings. The Morgan fingerprint density at radius 3 is 2.50 bits per heavy atom. The molecule has 7 heteroatoms. The van der Waals surface area contributed by atoms with E-state index >= 15 is 0 Å². The Bertz CT molecular complexity index is 1300. The van der Waals surface area contributed by atoms with Crippen molar-refractivity contribution in [1.29, 1.82) is 0 Å². The minimum absolute atomic E-state index is 0.311. The average molecular weight is 459 g/mol. The molecule has 2 aliphatic heterocycles. The van der Waals surface area contributed by atoms with Crippen molar-refractivity contribution < 1.29 is 4.39 Å². The van der Waals surface area contributed by atoms with Crippen molar-refractivity contribution in [3.63, 3.8) is 0 Å². The first-order chi connectivity index (χ1) is 16.6. The summed E-state index contributed by atoms with van der Waals surface area (Å²) in [6.45, 7) is 13.8. The molecule has 1 saturated heterocycles. The molecular weight excluding hydrogens is 427 g/mol. The third-order valence-corrected chi connectivity index (χ3v) is 6.63. The zero-order valence-corrected chi connectivity index (χ0v) is 19.9. The van der Waals surface area contributed by atoms with E-state index in [1.807, 2.05) is 19.1 Å². The van der Waals surface area contributed by atoms with Gasteiger partial charge in [-0.15, -0.1) is 0 Å². The summed E-state index contributed by atoms with van der Waals surface area (Å²) in [6.07, 6.45) is 3.77. The van der Waals surface area contributed by atoms with Gasteiger partial charge in [-0.1, -0.05) is 44.7 Å². The number of anilines is 2. The number of piperazine rings is 1. The second-order valence-corrected chi connectivity index (χ2v) is 8.86. The number of nitrogens with zero attached hydrogens (tertiary/aromatic N) is 5. The Kier molecular flexibility index (Phi) is 6.20. The standard InChI is InChI=1S/C27H31FN6/c1-4-13-32-14-16-33(17-15-32)22-11-9-21(10-12-22)25-26-24(29-30-25)18-19(3)34(31-26)27-20(5-2)7-6-8-23(27)28/h6-12,18,29H,3-5,13-17H2,1-2H3. The van der Waals surface area contributed by atoms with Crippen molar-refractivity contribution in [3.05, 3.63) is 76.8 Å². The molecule has 0 aliphatic carbocycles. The summed E-state index contributed by atoms with van der Waals surface area (Å²) >= 11 is 0. The van der Waals surface area contributed by atoms with Gasteiger partial charge in [0, 0.05) is 37.4 Å². The first-order valence-corrected chi connectivity index (χ1v) is 12.1. The van der Waals surface area contributed by atoms with Gasteiger partial charge in [0.2, 0.25) is 0 Å². The van der Waals surface area contributed by atoms with Crippen molar-refractivity contribution in [2.24, 2.45) is 5.10 Å². The van der Waals surface area contributed by atoms with Crippen molar-refractivity contribution in [3.8, 4) is 11.3 Å². The third kappa shape index (κ3) is 4.12. The fraction of sp³-hybridized carbons (Fsp3) is 0.333. The van der Waals surface area contributed by atoms with Crippen LogP contribution in [0.5, 0.6) is 0 Å². The van der Waals surface area contributed by atoms with Crippen LogP contribution in [0, 0.1) is 5.82 Å². The molecule has 1 N–H and O–H groups in total. The second-order valence-electron chi connectivity index (χ2n) is 8.86. The second kappa shape index (κ2) is 9.43. The molecule has 0 spiro atoms. The number of hydrogen-bond acceptors (Lipinski definition) is 5. The van der Waals surface area contributed by atoms with Crippen molar-refractivity contribution >= 4 is 17.5 Å². The van der Waals surface area contributed by atoms with E-state index in [1.54, 1.807) is 11.1 Å². The monoisotopic (exact) mass is 458 g/mol. The molecule has 1 aromatic heterocycles. The predicted octanol–water partition coefficient (Wildman–Crippen LogP) is 3.66. The molecular formula is C27H31FN6. The average Bonchev–Trinajstić information content (AvgIpc) is 3.27. The van der Waals surface area contributed by atoms with Crippen LogP contribution < -0.4 is 20.6 Å². The van der Waals surface area contributed by atoms with Crippen LogP contribution in [-0.2, 0) is 6.42 Å². The number of nitrogens with one attached hydrogen (secondary N) is 1. The lowest BCUT2D eigenvalue weighted by atomic mass is 10.1. The Morgan fingerprint density at radius 1 is 1.03 bits per heavy atom. The van der Waals surface area contributed by atoms with Gasteiger partial charge >= 0.3 is 0 Å². The van der Waals surface area contributed by atoms with Gasteiger partial charge in [0.05, 0.1) is 11.0 Å². The van der Waals surface area contributed by atoms with Gasteiger partial charge in [0.15, 0.2) is 0 Å². The lowest BCUT2D eigenvalue weighted by Crippen LogP contribution is -2.46. The number of para-hydroxylation sites is 1. The van der Waals surface area contributed by atoms with E-state index < -0.39 is 0 Å². The van der Waals surface area contributed by atoms with Crippen molar-refractivity contribution in [1.82, 2.24) is 15.1 Å². The van der Waals surface area contributed by atoms with E-state index in [9.17, 15) is 4.39 Å². The lowest BCUT2D eigenvalue weighted by Gasteiger charge is -2.36. The molecule has 1 fully saturated rings. The number of hydrogen-bond donors (Lipinski definition) is 1. The van der Waals surface area contributed by atoms with E-state index in [0.29, 0.717) is 23.2 Å². The fourth-order valence-corrected chi connectivity index (χ4v) is 4.80. The van der Waals surface area contributed by atoms with E-state index in [1.165, 1.54) is 24.7 Å². The molecule has 0 unspecified atom stereocenters. The normalized spacial score (nSPS) is 16.3. The molecule has 6 nitrogen and oxygen atoms in total. The van der Waals surface area contributed by atoms with Crippen LogP contribution in [0.4, 0.5) is 15.8 Å². The number of aromatic nitrogens is 2. The maximum atomic E-state index is 14.8. The Morgan fingerprint density at radius 2 is 1.79 bits per heavy atom. The minimum Gasteiger partial charge on any atom is -0.369 e. The first-order valence-electron chi connectivity index (χ1n) is 12.1. The molecule has 2 aromatic carbocycles. The number of halogens is 1. The number of rotatable bonds is 6. The number of benzene rings is 2. The maximum absolute atomic E-state index is 14.8. The molecule has 176 valence electrons. The van der Waals surface area contributed by atoms with Gasteiger partial charge in [0.25, 0.3) is 0 Å². The van der Waals surface area contributed by atoms with Crippen LogP contribution in [0.3, 0.4) is 0 Å². The summed E-state index contributed by atoms with van der Waals surface area (Å²) < 4.78 is 14.8. The van der Waals surface area contributed by atoms with Gasteiger partial charge in [-0.2, -0.15) is 10.2 Å². The summed E-state index contributed by atoms with van der Waals surface area (Å²) in [4.78, 5) is 4.96. The Hall–Kier alpha value is -3.45. The van der Waals surface area contributed by atoms with Crippen LogP contribution >= 0.6 is 0 Å². The van der Waals surface area contributed by atoms with Gasteiger partial charge in [-0.3, -0.25) is 10.00 Å². The highest BCUT2D eigenvalue weighted by Gasteiger charge is 2.22. The van der Waals surface area contributed by atoms with Crippen LogP contribution in [0.15, 0.2) is 59.8 Å². The SMILES string of the molecule is C=C1C=c2[nH]nc(-c3ccc(N4CCN(CCC)CC4)cc3)c2=NN1c1c(F)cccc1CC. The van der Waals surface area contributed by atoms with E-state index in [0.717, 1.165) is 48.3 Å². The summed E-state index contributed by atoms with van der Waals surface area (Å²) in [5, 5.41) is 15.5. The number of aromatic amines is 1. The van der Waals surface area contributed by atoms with Gasteiger partial charge in [-0.25, -0.2) is 9.40 Å². The highest BCUT2D eigenvalue weighted by molar-refractivity contribution is 5.68. The topological polar surface area (TPSA) is 50.8 Å². The largest absolute Gasteiger partial charge is 0.369 e. The Balaban J connectivity index is 1.45. The Labute approximate surface area is 199 Å². The summed E-state index contributed by atoms with van der Waals surface area (Å²) in [5.41, 5.74) is 4.87. The molecule has 3 aromatic rings. The summed E-state index contributed by atoms with van der Waals surface area (Å²) in [5.74, 6) is -0.311. The van der Waals surface area contributed by atoms with Crippen LogP contribution in [-0.4, -0.2) is 47.8 Å². The van der Waals surface area contributed by atoms with E-state index in [2.05, 4.69) is 57.8 Å². The highest BCUT2D eigenvalue weighted by Crippen LogP contribution is 2.29. The van der Waals surface area contributed by atoms with Gasteiger partial charge in [-0.05, 0) is 49.2 Å². The summed E-state index contributed by atoms with van der Waals surface area (Å²) in [7, 11) is 0. The number of H-pyrrole nitrogens is 1. The highest BCUT2D eigenvalue weighted by atomic mass is 19.1.